The van der Waals surface area contributed by atoms with Crippen LogP contribution in [0, 0.1) is 0 Å². The first-order valence-electron chi connectivity index (χ1n) is 6.12. The zero-order valence-electron chi connectivity index (χ0n) is 10.7. The Morgan fingerprint density at radius 3 is 2.86 bits per heavy atom. The fraction of sp³-hybridized carbons (Fsp3) is 0.0714. The molecule has 7 heteroatoms. The molecule has 2 heterocycles. The summed E-state index contributed by atoms with van der Waals surface area (Å²) >= 11 is 5.94. The molecule has 0 aliphatic rings. The molecule has 0 radical (unpaired) electrons. The van der Waals surface area contributed by atoms with Crippen LogP contribution >= 0.6 is 11.6 Å². The van der Waals surface area contributed by atoms with Gasteiger partial charge in [-0.2, -0.15) is 0 Å². The van der Waals surface area contributed by atoms with Gasteiger partial charge >= 0.3 is 5.97 Å². The van der Waals surface area contributed by atoms with Gasteiger partial charge in [0.1, 0.15) is 0 Å². The number of carboxylic acid groups (broad SMARTS) is 1. The second-order valence-corrected chi connectivity index (χ2v) is 4.97. The minimum Gasteiger partial charge on any atom is -0.481 e. The number of carboxylic acids is 1. The first-order valence-corrected chi connectivity index (χ1v) is 6.50. The van der Waals surface area contributed by atoms with Crippen molar-refractivity contribution in [3.05, 3.63) is 57.5 Å². The van der Waals surface area contributed by atoms with Gasteiger partial charge in [-0.05, 0) is 12.1 Å². The number of benzene rings is 1. The van der Waals surface area contributed by atoms with Crippen molar-refractivity contribution < 1.29 is 9.90 Å². The van der Waals surface area contributed by atoms with Crippen LogP contribution in [0.3, 0.4) is 0 Å². The number of hydrogen-bond donors (Lipinski definition) is 2. The van der Waals surface area contributed by atoms with Gasteiger partial charge in [-0.1, -0.05) is 23.7 Å². The van der Waals surface area contributed by atoms with E-state index < -0.39 is 5.97 Å². The van der Waals surface area contributed by atoms with E-state index in [9.17, 15) is 9.59 Å². The van der Waals surface area contributed by atoms with Crippen molar-refractivity contribution in [2.24, 2.45) is 0 Å². The lowest BCUT2D eigenvalue weighted by molar-refractivity contribution is -0.136. The molecule has 21 heavy (non-hydrogen) atoms. The molecular weight excluding hydrogens is 294 g/mol. The van der Waals surface area contributed by atoms with Crippen LogP contribution < -0.4 is 5.56 Å². The van der Waals surface area contributed by atoms with Gasteiger partial charge in [0.15, 0.2) is 5.65 Å². The molecule has 0 aliphatic heterocycles. The van der Waals surface area contributed by atoms with E-state index in [2.05, 4.69) is 10.1 Å². The molecule has 0 saturated heterocycles. The Bertz CT molecular complexity index is 898. The number of aromatic amines is 1. The van der Waals surface area contributed by atoms with Crippen molar-refractivity contribution in [1.29, 1.82) is 0 Å². The van der Waals surface area contributed by atoms with E-state index in [0.717, 1.165) is 5.56 Å². The Morgan fingerprint density at radius 2 is 2.14 bits per heavy atom. The SMILES string of the molecule is O=C(O)Cc1cc(=O)n2[nH]c(-c3cccc(Cl)c3)cc2n1. The number of rotatable bonds is 3. The summed E-state index contributed by atoms with van der Waals surface area (Å²) in [6, 6.07) is 10.0. The number of H-pyrrole nitrogens is 1. The lowest BCUT2D eigenvalue weighted by atomic mass is 10.1. The summed E-state index contributed by atoms with van der Waals surface area (Å²) in [4.78, 5) is 26.8. The van der Waals surface area contributed by atoms with Crippen LogP contribution in [-0.4, -0.2) is 25.7 Å². The Morgan fingerprint density at radius 1 is 1.33 bits per heavy atom. The minimum atomic E-state index is -1.03. The van der Waals surface area contributed by atoms with Crippen LogP contribution in [0.5, 0.6) is 0 Å². The number of carbonyl (C=O) groups is 1. The molecule has 3 aromatic rings. The fourth-order valence-corrected chi connectivity index (χ4v) is 2.28. The summed E-state index contributed by atoms with van der Waals surface area (Å²) in [5.41, 5.74) is 1.73. The number of aromatic nitrogens is 3. The molecule has 0 aliphatic carbocycles. The van der Waals surface area contributed by atoms with Crippen LogP contribution in [-0.2, 0) is 11.2 Å². The molecule has 0 saturated carbocycles. The maximum Gasteiger partial charge on any atom is 0.309 e. The van der Waals surface area contributed by atoms with Crippen molar-refractivity contribution in [3.8, 4) is 11.3 Å². The summed E-state index contributed by atoms with van der Waals surface area (Å²) in [5, 5.41) is 12.3. The highest BCUT2D eigenvalue weighted by Crippen LogP contribution is 2.21. The van der Waals surface area contributed by atoms with Crippen LogP contribution in [0.2, 0.25) is 5.02 Å². The summed E-state index contributed by atoms with van der Waals surface area (Å²) in [6.45, 7) is 0. The van der Waals surface area contributed by atoms with Gasteiger partial charge in [-0.3, -0.25) is 14.7 Å². The molecule has 6 nitrogen and oxygen atoms in total. The van der Waals surface area contributed by atoms with Crippen molar-refractivity contribution >= 4 is 23.2 Å². The van der Waals surface area contributed by atoms with E-state index in [1.165, 1.54) is 10.6 Å². The highest BCUT2D eigenvalue weighted by Gasteiger charge is 2.10. The van der Waals surface area contributed by atoms with Gasteiger partial charge in [-0.15, -0.1) is 0 Å². The summed E-state index contributed by atoms with van der Waals surface area (Å²) in [7, 11) is 0. The van der Waals surface area contributed by atoms with E-state index >= 15 is 0 Å². The third kappa shape index (κ3) is 2.66. The molecule has 2 aromatic heterocycles. The van der Waals surface area contributed by atoms with Crippen LogP contribution in [0.15, 0.2) is 41.2 Å². The average molecular weight is 304 g/mol. The van der Waals surface area contributed by atoms with Crippen LogP contribution in [0.25, 0.3) is 16.9 Å². The number of nitrogens with one attached hydrogen (secondary N) is 1. The molecule has 0 unspecified atom stereocenters. The Kier molecular flexibility index (Phi) is 3.23. The summed E-state index contributed by atoms with van der Waals surface area (Å²) in [5.74, 6) is -1.03. The number of halogens is 1. The molecule has 3 rings (SSSR count). The highest BCUT2D eigenvalue weighted by molar-refractivity contribution is 6.30. The van der Waals surface area contributed by atoms with Gasteiger partial charge in [0.25, 0.3) is 5.56 Å². The average Bonchev–Trinajstić information content (AvgIpc) is 2.82. The van der Waals surface area contributed by atoms with E-state index in [-0.39, 0.29) is 17.7 Å². The van der Waals surface area contributed by atoms with E-state index in [0.29, 0.717) is 16.4 Å². The molecule has 2 N–H and O–H groups in total. The molecule has 0 amide bonds. The van der Waals surface area contributed by atoms with E-state index in [4.69, 9.17) is 16.7 Å². The Hall–Kier alpha value is -2.60. The Labute approximate surface area is 123 Å². The van der Waals surface area contributed by atoms with Gasteiger partial charge in [0.2, 0.25) is 0 Å². The lowest BCUT2D eigenvalue weighted by Gasteiger charge is -1.97. The maximum absolute atomic E-state index is 12.0. The van der Waals surface area contributed by atoms with Crippen molar-refractivity contribution in [1.82, 2.24) is 14.6 Å². The standard InChI is InChI=1S/C14H10ClN3O3/c15-9-3-1-2-8(4-9)11-7-12-16-10(6-14(20)21)5-13(19)18(12)17-11/h1-5,7,17H,6H2,(H,20,21). The second-order valence-electron chi connectivity index (χ2n) is 4.53. The third-order valence-electron chi connectivity index (χ3n) is 2.97. The van der Waals surface area contributed by atoms with Crippen LogP contribution in [0.4, 0.5) is 0 Å². The first kappa shape index (κ1) is 13.4. The van der Waals surface area contributed by atoms with Gasteiger partial charge in [-0.25, -0.2) is 9.50 Å². The zero-order valence-corrected chi connectivity index (χ0v) is 11.5. The zero-order chi connectivity index (χ0) is 15.0. The lowest BCUT2D eigenvalue weighted by Crippen LogP contribution is -2.16. The smallest absolute Gasteiger partial charge is 0.309 e. The third-order valence-corrected chi connectivity index (χ3v) is 3.21. The monoisotopic (exact) mass is 303 g/mol. The van der Waals surface area contributed by atoms with Crippen molar-refractivity contribution in [2.75, 3.05) is 0 Å². The minimum absolute atomic E-state index is 0.226. The van der Waals surface area contributed by atoms with Crippen LogP contribution in [0.1, 0.15) is 5.69 Å². The molecular formula is C14H10ClN3O3. The van der Waals surface area contributed by atoms with Crippen molar-refractivity contribution in [3.63, 3.8) is 0 Å². The molecule has 106 valence electrons. The molecule has 0 fully saturated rings. The Balaban J connectivity index is 2.14. The molecule has 1 aromatic carbocycles. The van der Waals surface area contributed by atoms with E-state index in [1.807, 2.05) is 6.07 Å². The predicted octanol–water partition coefficient (Wildman–Crippen LogP) is 1.97. The fourth-order valence-electron chi connectivity index (χ4n) is 2.09. The number of fused-ring (bicyclic) bond motifs is 1. The number of aliphatic carboxylic acids is 1. The first-order chi connectivity index (χ1) is 10.0. The number of hydrogen-bond acceptors (Lipinski definition) is 3. The predicted molar refractivity (Wildman–Crippen MR) is 77.6 cm³/mol. The molecule has 0 spiro atoms. The quantitative estimate of drug-likeness (QED) is 0.774. The molecule has 0 bridgehead atoms. The topological polar surface area (TPSA) is 87.5 Å². The molecule has 0 atom stereocenters. The normalized spacial score (nSPS) is 10.9. The largest absolute Gasteiger partial charge is 0.481 e. The summed E-state index contributed by atoms with van der Waals surface area (Å²) in [6.07, 6.45) is -0.288. The van der Waals surface area contributed by atoms with Gasteiger partial charge < -0.3 is 5.11 Å². The maximum atomic E-state index is 12.0. The second kappa shape index (κ2) is 5.06. The van der Waals surface area contributed by atoms with Crippen molar-refractivity contribution in [2.45, 2.75) is 6.42 Å². The van der Waals surface area contributed by atoms with Gasteiger partial charge in [0.05, 0.1) is 17.8 Å². The number of nitrogens with zero attached hydrogens (tertiary/aromatic N) is 2. The highest BCUT2D eigenvalue weighted by atomic mass is 35.5. The summed E-state index contributed by atoms with van der Waals surface area (Å²) < 4.78 is 1.27. The van der Waals surface area contributed by atoms with E-state index in [1.54, 1.807) is 24.3 Å². The van der Waals surface area contributed by atoms with Gasteiger partial charge in [0, 0.05) is 22.7 Å².